The van der Waals surface area contributed by atoms with E-state index in [1.807, 2.05) is 42.1 Å². The third kappa shape index (κ3) is 4.45. The molecule has 1 N–H and O–H groups in total. The normalized spacial score (nSPS) is 11.2. The van der Waals surface area contributed by atoms with Crippen molar-refractivity contribution in [2.45, 2.75) is 19.5 Å². The number of hydrogen-bond acceptors (Lipinski definition) is 6. The number of nitro benzene ring substituents is 1. The van der Waals surface area contributed by atoms with Crippen LogP contribution in [-0.2, 0) is 31.4 Å². The molecular formula is C25H23N7O4. The van der Waals surface area contributed by atoms with Crippen molar-refractivity contribution in [1.82, 2.24) is 29.2 Å². The summed E-state index contributed by atoms with van der Waals surface area (Å²) in [6, 6.07) is 14.0. The molecule has 11 nitrogen and oxygen atoms in total. The number of benzene rings is 2. The van der Waals surface area contributed by atoms with Crippen molar-refractivity contribution in [2.75, 3.05) is 6.54 Å². The summed E-state index contributed by atoms with van der Waals surface area (Å²) < 4.78 is 5.03. The van der Waals surface area contributed by atoms with Crippen molar-refractivity contribution in [1.29, 1.82) is 0 Å². The first-order valence-electron chi connectivity index (χ1n) is 11.3. The summed E-state index contributed by atoms with van der Waals surface area (Å²) in [7, 11) is 1.96. The zero-order chi connectivity index (χ0) is 25.2. The van der Waals surface area contributed by atoms with Crippen LogP contribution in [0.4, 0.5) is 5.69 Å². The molecule has 182 valence electrons. The zero-order valence-electron chi connectivity index (χ0n) is 19.5. The Bertz CT molecular complexity index is 1650. The van der Waals surface area contributed by atoms with E-state index >= 15 is 0 Å². The van der Waals surface area contributed by atoms with Crippen LogP contribution in [0.15, 0.2) is 72.0 Å². The molecule has 1 amide bonds. The van der Waals surface area contributed by atoms with E-state index in [0.717, 1.165) is 22.0 Å². The molecule has 2 aromatic carbocycles. The number of fused-ring (bicyclic) bond motifs is 2. The van der Waals surface area contributed by atoms with E-state index in [-0.39, 0.29) is 30.1 Å². The molecule has 11 heteroatoms. The van der Waals surface area contributed by atoms with Gasteiger partial charge in [-0.2, -0.15) is 5.10 Å². The van der Waals surface area contributed by atoms with Gasteiger partial charge >= 0.3 is 0 Å². The second-order valence-electron chi connectivity index (χ2n) is 8.52. The molecule has 0 aliphatic carbocycles. The number of carbonyl (C=O) groups excluding carboxylic acids is 1. The number of carbonyl (C=O) groups is 1. The van der Waals surface area contributed by atoms with Crippen molar-refractivity contribution in [3.8, 4) is 0 Å². The molecule has 0 bridgehead atoms. The lowest BCUT2D eigenvalue weighted by Gasteiger charge is -2.08. The van der Waals surface area contributed by atoms with Gasteiger partial charge in [-0.3, -0.25) is 24.3 Å². The zero-order valence-corrected chi connectivity index (χ0v) is 19.5. The standard InChI is InChI=1S/C25H23N7O4/c1-29-15-18(20-4-2-3-5-22(20)29)12-23(33)26-10-11-31-24-21(13-28-31)25(34)30(16-27-24)14-17-6-8-19(9-7-17)32(35)36/h2-9,13,15-16H,10-12,14H2,1H3,(H,26,33). The lowest BCUT2D eigenvalue weighted by atomic mass is 10.1. The molecule has 0 atom stereocenters. The molecule has 3 heterocycles. The molecule has 36 heavy (non-hydrogen) atoms. The summed E-state index contributed by atoms with van der Waals surface area (Å²) in [4.78, 5) is 40.2. The predicted molar refractivity (Wildman–Crippen MR) is 134 cm³/mol. The van der Waals surface area contributed by atoms with Crippen molar-refractivity contribution in [2.24, 2.45) is 7.05 Å². The van der Waals surface area contributed by atoms with E-state index in [1.54, 1.807) is 16.8 Å². The molecule has 0 aliphatic heterocycles. The first-order valence-corrected chi connectivity index (χ1v) is 11.3. The number of aryl methyl sites for hydroxylation is 1. The van der Waals surface area contributed by atoms with Gasteiger partial charge in [-0.05, 0) is 17.2 Å². The van der Waals surface area contributed by atoms with Crippen LogP contribution < -0.4 is 10.9 Å². The van der Waals surface area contributed by atoms with Crippen molar-refractivity contribution in [3.05, 3.63) is 98.8 Å². The molecule has 0 fully saturated rings. The van der Waals surface area contributed by atoms with Gasteiger partial charge in [0.25, 0.3) is 11.2 Å². The minimum Gasteiger partial charge on any atom is -0.354 e. The lowest BCUT2D eigenvalue weighted by Crippen LogP contribution is -2.29. The fraction of sp³-hybridized carbons (Fsp3) is 0.200. The van der Waals surface area contributed by atoms with Gasteiger partial charge in [0.1, 0.15) is 11.7 Å². The summed E-state index contributed by atoms with van der Waals surface area (Å²) in [6.07, 6.45) is 5.14. The number of hydrogen-bond donors (Lipinski definition) is 1. The monoisotopic (exact) mass is 485 g/mol. The van der Waals surface area contributed by atoms with E-state index in [4.69, 9.17) is 0 Å². The number of nitrogens with zero attached hydrogens (tertiary/aromatic N) is 6. The summed E-state index contributed by atoms with van der Waals surface area (Å²) in [5.41, 5.74) is 2.95. The summed E-state index contributed by atoms with van der Waals surface area (Å²) >= 11 is 0. The first kappa shape index (κ1) is 23.0. The molecule has 5 rings (SSSR count). The Morgan fingerprint density at radius 2 is 1.89 bits per heavy atom. The van der Waals surface area contributed by atoms with Crippen LogP contribution in [0.5, 0.6) is 0 Å². The molecule has 0 radical (unpaired) electrons. The summed E-state index contributed by atoms with van der Waals surface area (Å²) in [5.74, 6) is -0.0961. The van der Waals surface area contributed by atoms with Gasteiger partial charge in [-0.15, -0.1) is 0 Å². The number of nitrogens with one attached hydrogen (secondary N) is 1. The highest BCUT2D eigenvalue weighted by Crippen LogP contribution is 2.20. The second-order valence-corrected chi connectivity index (χ2v) is 8.52. The highest BCUT2D eigenvalue weighted by Gasteiger charge is 2.13. The summed E-state index contributed by atoms with van der Waals surface area (Å²) in [6.45, 7) is 0.937. The van der Waals surface area contributed by atoms with E-state index in [1.165, 1.54) is 29.2 Å². The highest BCUT2D eigenvalue weighted by atomic mass is 16.6. The number of rotatable bonds is 8. The quantitative estimate of drug-likeness (QED) is 0.265. The number of para-hydroxylation sites is 1. The first-order chi connectivity index (χ1) is 17.4. The second kappa shape index (κ2) is 9.45. The van der Waals surface area contributed by atoms with Crippen LogP contribution in [0.3, 0.4) is 0 Å². The van der Waals surface area contributed by atoms with E-state index in [0.29, 0.717) is 24.1 Å². The topological polar surface area (TPSA) is 130 Å². The fourth-order valence-corrected chi connectivity index (χ4v) is 4.30. The minimum absolute atomic E-state index is 0.00911. The SMILES string of the molecule is Cn1cc(CC(=O)NCCn2ncc3c(=O)n(Cc4ccc([N+](=O)[O-])cc4)cnc32)c2ccccc21. The van der Waals surface area contributed by atoms with Crippen LogP contribution in [0.1, 0.15) is 11.1 Å². The third-order valence-corrected chi connectivity index (χ3v) is 6.10. The van der Waals surface area contributed by atoms with Crippen molar-refractivity contribution >= 4 is 33.5 Å². The van der Waals surface area contributed by atoms with Gasteiger partial charge < -0.3 is 9.88 Å². The van der Waals surface area contributed by atoms with Crippen LogP contribution in [0.25, 0.3) is 21.9 Å². The van der Waals surface area contributed by atoms with Crippen molar-refractivity contribution < 1.29 is 9.72 Å². The number of aromatic nitrogens is 5. The van der Waals surface area contributed by atoms with Gasteiger partial charge in [0.05, 0.1) is 30.6 Å². The number of nitro groups is 1. The lowest BCUT2D eigenvalue weighted by molar-refractivity contribution is -0.384. The fourth-order valence-electron chi connectivity index (χ4n) is 4.30. The Morgan fingerprint density at radius 3 is 2.67 bits per heavy atom. The van der Waals surface area contributed by atoms with Gasteiger partial charge in [-0.1, -0.05) is 30.3 Å². The Balaban J connectivity index is 1.23. The highest BCUT2D eigenvalue weighted by molar-refractivity contribution is 5.89. The molecule has 0 spiro atoms. The molecule has 0 saturated carbocycles. The van der Waals surface area contributed by atoms with Gasteiger partial charge in [0.2, 0.25) is 5.91 Å². The van der Waals surface area contributed by atoms with E-state index in [2.05, 4.69) is 15.4 Å². The van der Waals surface area contributed by atoms with E-state index < -0.39 is 4.92 Å². The molecular weight excluding hydrogens is 462 g/mol. The smallest absolute Gasteiger partial charge is 0.269 e. The largest absolute Gasteiger partial charge is 0.354 e. The van der Waals surface area contributed by atoms with Gasteiger partial charge in [-0.25, -0.2) is 9.67 Å². The van der Waals surface area contributed by atoms with Crippen molar-refractivity contribution in [3.63, 3.8) is 0 Å². The molecule has 3 aromatic heterocycles. The predicted octanol–water partition coefficient (Wildman–Crippen LogP) is 2.40. The van der Waals surface area contributed by atoms with Crippen LogP contribution in [0, 0.1) is 10.1 Å². The molecule has 0 unspecified atom stereocenters. The van der Waals surface area contributed by atoms with Crippen LogP contribution >= 0.6 is 0 Å². The maximum absolute atomic E-state index is 12.9. The average molecular weight is 486 g/mol. The molecule has 5 aromatic rings. The Morgan fingerprint density at radius 1 is 1.11 bits per heavy atom. The Kier molecular flexibility index (Phi) is 6.03. The number of non-ortho nitro benzene ring substituents is 1. The van der Waals surface area contributed by atoms with Crippen LogP contribution in [-0.4, -0.2) is 41.3 Å². The average Bonchev–Trinajstić information content (AvgIpc) is 3.42. The number of amides is 1. The summed E-state index contributed by atoms with van der Waals surface area (Å²) in [5, 5.41) is 19.4. The minimum atomic E-state index is -0.468. The maximum Gasteiger partial charge on any atom is 0.269 e. The third-order valence-electron chi connectivity index (χ3n) is 6.10. The molecule has 0 aliphatic rings. The molecule has 0 saturated heterocycles. The van der Waals surface area contributed by atoms with E-state index in [9.17, 15) is 19.7 Å². The van der Waals surface area contributed by atoms with Crippen LogP contribution in [0.2, 0.25) is 0 Å². The maximum atomic E-state index is 12.9. The van der Waals surface area contributed by atoms with Gasteiger partial charge in [0, 0.05) is 42.8 Å². The Labute approximate surface area is 204 Å². The van der Waals surface area contributed by atoms with Gasteiger partial charge in [0.15, 0.2) is 5.65 Å². The Hall–Kier alpha value is -4.80.